The number of aryl methyl sites for hydroxylation is 2. The first kappa shape index (κ1) is 13.9. The smallest absolute Gasteiger partial charge is 0.341 e. The third-order valence-corrected chi connectivity index (χ3v) is 2.96. The maximum atomic E-state index is 11.8. The molecule has 0 aliphatic heterocycles. The van der Waals surface area contributed by atoms with E-state index in [0.717, 1.165) is 16.8 Å². The molecule has 0 aliphatic rings. The van der Waals surface area contributed by atoms with Gasteiger partial charge in [0.2, 0.25) is 0 Å². The number of esters is 1. The standard InChI is InChI=1S/C15H17N3O2/c1-9-4-5-10(2)13(6-9)18-14-12(15(19)20-3)7-11(16)8-17-14/h4-8H,16H2,1-3H3,(H,17,18). The monoisotopic (exact) mass is 271 g/mol. The summed E-state index contributed by atoms with van der Waals surface area (Å²) in [6.45, 7) is 3.99. The molecule has 0 saturated carbocycles. The first-order valence-corrected chi connectivity index (χ1v) is 6.19. The second kappa shape index (κ2) is 5.61. The van der Waals surface area contributed by atoms with Gasteiger partial charge in [-0.3, -0.25) is 0 Å². The lowest BCUT2D eigenvalue weighted by atomic mass is 10.1. The Bertz CT molecular complexity index is 654. The molecule has 20 heavy (non-hydrogen) atoms. The Labute approximate surface area is 117 Å². The molecule has 0 bridgehead atoms. The molecule has 0 amide bonds. The van der Waals surface area contributed by atoms with Crippen LogP contribution in [0.1, 0.15) is 21.5 Å². The van der Waals surface area contributed by atoms with Crippen LogP contribution in [0.15, 0.2) is 30.5 Å². The van der Waals surface area contributed by atoms with E-state index in [1.165, 1.54) is 13.3 Å². The fourth-order valence-corrected chi connectivity index (χ4v) is 1.84. The zero-order valence-electron chi connectivity index (χ0n) is 11.7. The van der Waals surface area contributed by atoms with Crippen molar-refractivity contribution in [2.24, 2.45) is 0 Å². The van der Waals surface area contributed by atoms with Gasteiger partial charge in [0.05, 0.1) is 19.0 Å². The summed E-state index contributed by atoms with van der Waals surface area (Å²) < 4.78 is 4.75. The van der Waals surface area contributed by atoms with Crippen molar-refractivity contribution in [2.75, 3.05) is 18.2 Å². The molecule has 0 atom stereocenters. The van der Waals surface area contributed by atoms with Crippen molar-refractivity contribution in [3.05, 3.63) is 47.2 Å². The molecule has 0 unspecified atom stereocenters. The average molecular weight is 271 g/mol. The van der Waals surface area contributed by atoms with E-state index in [1.54, 1.807) is 6.07 Å². The molecule has 0 radical (unpaired) electrons. The van der Waals surface area contributed by atoms with Crippen LogP contribution < -0.4 is 11.1 Å². The zero-order valence-corrected chi connectivity index (χ0v) is 11.7. The Morgan fingerprint density at radius 2 is 2.05 bits per heavy atom. The van der Waals surface area contributed by atoms with E-state index in [1.807, 2.05) is 32.0 Å². The number of pyridine rings is 1. The van der Waals surface area contributed by atoms with Crippen LogP contribution in [0.3, 0.4) is 0 Å². The maximum absolute atomic E-state index is 11.8. The SMILES string of the molecule is COC(=O)c1cc(N)cnc1Nc1cc(C)ccc1C. The van der Waals surface area contributed by atoms with E-state index < -0.39 is 5.97 Å². The number of rotatable bonds is 3. The van der Waals surface area contributed by atoms with Crippen molar-refractivity contribution in [1.82, 2.24) is 4.98 Å². The summed E-state index contributed by atoms with van der Waals surface area (Å²) >= 11 is 0. The van der Waals surface area contributed by atoms with Crippen molar-refractivity contribution in [1.29, 1.82) is 0 Å². The van der Waals surface area contributed by atoms with Gasteiger partial charge >= 0.3 is 5.97 Å². The van der Waals surface area contributed by atoms with Crippen molar-refractivity contribution in [2.45, 2.75) is 13.8 Å². The molecule has 2 aromatic rings. The van der Waals surface area contributed by atoms with Gasteiger partial charge in [0, 0.05) is 5.69 Å². The van der Waals surface area contributed by atoms with Crippen molar-refractivity contribution in [3.63, 3.8) is 0 Å². The van der Waals surface area contributed by atoms with E-state index in [2.05, 4.69) is 10.3 Å². The molecule has 0 fully saturated rings. The summed E-state index contributed by atoms with van der Waals surface area (Å²) in [5.74, 6) is -0.0441. The van der Waals surface area contributed by atoms with Gasteiger partial charge in [-0.15, -0.1) is 0 Å². The number of hydrogen-bond acceptors (Lipinski definition) is 5. The molecule has 0 spiro atoms. The number of carbonyl (C=O) groups is 1. The number of methoxy groups -OCH3 is 1. The minimum atomic E-state index is -0.474. The van der Waals surface area contributed by atoms with E-state index in [4.69, 9.17) is 10.5 Å². The molecule has 1 aromatic heterocycles. The van der Waals surface area contributed by atoms with Crippen LogP contribution >= 0.6 is 0 Å². The van der Waals surface area contributed by atoms with E-state index in [9.17, 15) is 4.79 Å². The fourth-order valence-electron chi connectivity index (χ4n) is 1.84. The Hall–Kier alpha value is -2.56. The fraction of sp³-hybridized carbons (Fsp3) is 0.200. The summed E-state index contributed by atoms with van der Waals surface area (Å²) in [7, 11) is 1.33. The van der Waals surface area contributed by atoms with Gasteiger partial charge in [0.25, 0.3) is 0 Å². The van der Waals surface area contributed by atoms with Gasteiger partial charge in [-0.05, 0) is 37.1 Å². The molecule has 1 aromatic carbocycles. The van der Waals surface area contributed by atoms with Gasteiger partial charge in [0.1, 0.15) is 11.4 Å². The van der Waals surface area contributed by atoms with Crippen molar-refractivity contribution < 1.29 is 9.53 Å². The van der Waals surface area contributed by atoms with Gasteiger partial charge in [-0.25, -0.2) is 9.78 Å². The molecule has 0 aliphatic carbocycles. The van der Waals surface area contributed by atoms with Crippen LogP contribution in [0.25, 0.3) is 0 Å². The van der Waals surface area contributed by atoms with Gasteiger partial charge in [-0.2, -0.15) is 0 Å². The molecule has 5 nitrogen and oxygen atoms in total. The van der Waals surface area contributed by atoms with E-state index in [0.29, 0.717) is 17.1 Å². The largest absolute Gasteiger partial charge is 0.465 e. The van der Waals surface area contributed by atoms with Crippen LogP contribution in [0.2, 0.25) is 0 Å². The third kappa shape index (κ3) is 2.88. The number of nitrogens with one attached hydrogen (secondary N) is 1. The summed E-state index contributed by atoms with van der Waals surface area (Å²) in [5.41, 5.74) is 9.47. The zero-order chi connectivity index (χ0) is 14.7. The minimum Gasteiger partial charge on any atom is -0.465 e. The maximum Gasteiger partial charge on any atom is 0.341 e. The second-order valence-electron chi connectivity index (χ2n) is 4.60. The number of benzene rings is 1. The van der Waals surface area contributed by atoms with Gasteiger partial charge in [-0.1, -0.05) is 12.1 Å². The highest BCUT2D eigenvalue weighted by Gasteiger charge is 2.14. The number of ether oxygens (including phenoxy) is 1. The molecule has 5 heteroatoms. The molecule has 2 rings (SSSR count). The highest BCUT2D eigenvalue weighted by molar-refractivity contribution is 5.96. The van der Waals surface area contributed by atoms with E-state index >= 15 is 0 Å². The third-order valence-electron chi connectivity index (χ3n) is 2.96. The minimum absolute atomic E-state index is 0.313. The average Bonchev–Trinajstić information content (AvgIpc) is 2.43. The molecular formula is C15H17N3O2. The number of aromatic nitrogens is 1. The Balaban J connectivity index is 2.43. The highest BCUT2D eigenvalue weighted by atomic mass is 16.5. The van der Waals surface area contributed by atoms with Crippen molar-refractivity contribution >= 4 is 23.2 Å². The predicted octanol–water partition coefficient (Wildman–Crippen LogP) is 2.81. The van der Waals surface area contributed by atoms with Crippen LogP contribution in [0.4, 0.5) is 17.2 Å². The lowest BCUT2D eigenvalue weighted by Gasteiger charge is -2.13. The summed E-state index contributed by atoms with van der Waals surface area (Å²) in [6, 6.07) is 7.58. The van der Waals surface area contributed by atoms with Gasteiger partial charge in [0.15, 0.2) is 0 Å². The Morgan fingerprint density at radius 1 is 1.30 bits per heavy atom. The second-order valence-corrected chi connectivity index (χ2v) is 4.60. The van der Waals surface area contributed by atoms with Crippen molar-refractivity contribution in [3.8, 4) is 0 Å². The molecule has 0 saturated heterocycles. The first-order valence-electron chi connectivity index (χ1n) is 6.19. The summed E-state index contributed by atoms with van der Waals surface area (Å²) in [6.07, 6.45) is 1.50. The number of carbonyl (C=O) groups excluding carboxylic acids is 1. The van der Waals surface area contributed by atoms with E-state index in [-0.39, 0.29) is 0 Å². The lowest BCUT2D eigenvalue weighted by Crippen LogP contribution is -2.09. The van der Waals surface area contributed by atoms with Crippen LogP contribution in [0, 0.1) is 13.8 Å². The molecule has 1 heterocycles. The Morgan fingerprint density at radius 3 is 2.75 bits per heavy atom. The predicted molar refractivity (Wildman–Crippen MR) is 79.2 cm³/mol. The first-order chi connectivity index (χ1) is 9.51. The highest BCUT2D eigenvalue weighted by Crippen LogP contribution is 2.24. The number of anilines is 3. The summed E-state index contributed by atoms with van der Waals surface area (Å²) in [5, 5.41) is 3.16. The quantitative estimate of drug-likeness (QED) is 0.839. The lowest BCUT2D eigenvalue weighted by molar-refractivity contribution is 0.0601. The van der Waals surface area contributed by atoms with Crippen LogP contribution in [0.5, 0.6) is 0 Å². The van der Waals surface area contributed by atoms with Crippen LogP contribution in [-0.2, 0) is 4.74 Å². The number of hydrogen-bond donors (Lipinski definition) is 2. The number of nitrogens with two attached hydrogens (primary N) is 1. The van der Waals surface area contributed by atoms with Gasteiger partial charge < -0.3 is 15.8 Å². The number of nitrogen functional groups attached to an aromatic ring is 1. The van der Waals surface area contributed by atoms with Crippen LogP contribution in [-0.4, -0.2) is 18.1 Å². The molecule has 104 valence electrons. The number of nitrogens with zero attached hydrogens (tertiary/aromatic N) is 1. The normalized spacial score (nSPS) is 10.2. The molecular weight excluding hydrogens is 254 g/mol. The summed E-state index contributed by atoms with van der Waals surface area (Å²) in [4.78, 5) is 15.9. The Kier molecular flexibility index (Phi) is 3.89. The molecule has 3 N–H and O–H groups in total. The topological polar surface area (TPSA) is 77.2 Å².